The van der Waals surface area contributed by atoms with Gasteiger partial charge in [0.1, 0.15) is 0 Å². The summed E-state index contributed by atoms with van der Waals surface area (Å²) in [6, 6.07) is 0. The number of amides is 1. The van der Waals surface area contributed by atoms with Crippen LogP contribution in [-0.2, 0) is 0 Å². The molecule has 1 N–H and O–H groups in total. The van der Waals surface area contributed by atoms with E-state index in [1.165, 1.54) is 11.9 Å². The lowest BCUT2D eigenvalue weighted by Crippen LogP contribution is -2.05. The molecule has 0 aromatic heterocycles. The molecule has 0 saturated heterocycles. The van der Waals surface area contributed by atoms with Crippen LogP contribution in [0.5, 0.6) is 0 Å². The number of thiol groups is 1. The van der Waals surface area contributed by atoms with Crippen LogP contribution in [0, 0.1) is 0 Å². The first kappa shape index (κ1) is 7.91. The number of carbonyl (C=O) groups is 1. The standard InChI is InChI=1S/C4H7NOS2/c1-2-3-8-5-4(6)7/h2H,1,3H2,(H2,5,6,7). The summed E-state index contributed by atoms with van der Waals surface area (Å²) >= 11 is 4.73. The van der Waals surface area contributed by atoms with Crippen LogP contribution >= 0.6 is 24.6 Å². The molecule has 4 heteroatoms. The van der Waals surface area contributed by atoms with Crippen molar-refractivity contribution in [2.24, 2.45) is 0 Å². The molecule has 0 aliphatic carbocycles. The second-order valence-electron chi connectivity index (χ2n) is 1.01. The van der Waals surface area contributed by atoms with E-state index in [1.54, 1.807) is 6.08 Å². The minimum Gasteiger partial charge on any atom is -0.291 e. The molecule has 0 atom stereocenters. The Morgan fingerprint density at radius 2 is 2.62 bits per heavy atom. The summed E-state index contributed by atoms with van der Waals surface area (Å²) in [5.74, 6) is 0.715. The van der Waals surface area contributed by atoms with Crippen LogP contribution in [0.2, 0.25) is 0 Å². The van der Waals surface area contributed by atoms with E-state index < -0.39 is 0 Å². The molecule has 0 aliphatic rings. The predicted octanol–water partition coefficient (Wildman–Crippen LogP) is 1.46. The van der Waals surface area contributed by atoms with Gasteiger partial charge in [0.25, 0.3) is 5.24 Å². The summed E-state index contributed by atoms with van der Waals surface area (Å²) in [5, 5.41) is -0.322. The lowest BCUT2D eigenvalue weighted by molar-refractivity contribution is 0.265. The Hall–Kier alpha value is -0.0900. The Morgan fingerprint density at radius 1 is 2.00 bits per heavy atom. The molecule has 0 aromatic rings. The van der Waals surface area contributed by atoms with Gasteiger partial charge in [-0.05, 0) is 11.9 Å². The first-order valence-corrected chi connectivity index (χ1v) is 3.42. The fraction of sp³-hybridized carbons (Fsp3) is 0.250. The molecule has 0 aromatic carbocycles. The maximum atomic E-state index is 10.0. The van der Waals surface area contributed by atoms with Gasteiger partial charge in [-0.3, -0.25) is 9.52 Å². The van der Waals surface area contributed by atoms with Gasteiger partial charge in [-0.25, -0.2) is 0 Å². The van der Waals surface area contributed by atoms with Crippen molar-refractivity contribution in [3.05, 3.63) is 12.7 Å². The molecule has 0 fully saturated rings. The number of nitrogens with one attached hydrogen (secondary N) is 1. The molecule has 0 unspecified atom stereocenters. The minimum atomic E-state index is -0.322. The van der Waals surface area contributed by atoms with Crippen LogP contribution in [0.1, 0.15) is 0 Å². The Bertz CT molecular complexity index is 94.0. The second kappa shape index (κ2) is 5.05. The van der Waals surface area contributed by atoms with Crippen molar-refractivity contribution in [1.29, 1.82) is 0 Å². The summed E-state index contributed by atoms with van der Waals surface area (Å²) in [4.78, 5) is 10.0. The molecular weight excluding hydrogens is 142 g/mol. The zero-order valence-corrected chi connectivity index (χ0v) is 5.97. The zero-order valence-electron chi connectivity index (χ0n) is 4.26. The third-order valence-corrected chi connectivity index (χ3v) is 1.36. The average molecular weight is 149 g/mol. The molecule has 8 heavy (non-hydrogen) atoms. The maximum absolute atomic E-state index is 10.0. The molecule has 0 saturated carbocycles. The molecule has 0 spiro atoms. The lowest BCUT2D eigenvalue weighted by atomic mass is 10.8. The first-order chi connectivity index (χ1) is 3.77. The van der Waals surface area contributed by atoms with Gasteiger partial charge in [0.2, 0.25) is 0 Å². The molecule has 0 bridgehead atoms. The van der Waals surface area contributed by atoms with Gasteiger partial charge in [0, 0.05) is 5.75 Å². The van der Waals surface area contributed by atoms with Crippen LogP contribution in [0.3, 0.4) is 0 Å². The summed E-state index contributed by atoms with van der Waals surface area (Å²) in [6.07, 6.45) is 1.70. The molecule has 46 valence electrons. The highest BCUT2D eigenvalue weighted by atomic mass is 32.2. The molecule has 1 amide bonds. The quantitative estimate of drug-likeness (QED) is 0.275. The van der Waals surface area contributed by atoms with E-state index in [1.807, 2.05) is 0 Å². The minimum absolute atomic E-state index is 0.322. The predicted molar refractivity (Wildman–Crippen MR) is 40.2 cm³/mol. The number of rotatable bonds is 3. The van der Waals surface area contributed by atoms with Crippen LogP contribution in [0.4, 0.5) is 4.79 Å². The highest BCUT2D eigenvalue weighted by molar-refractivity contribution is 8.03. The van der Waals surface area contributed by atoms with E-state index in [9.17, 15) is 4.79 Å². The maximum Gasteiger partial charge on any atom is 0.285 e. The molecule has 0 radical (unpaired) electrons. The van der Waals surface area contributed by atoms with E-state index >= 15 is 0 Å². The van der Waals surface area contributed by atoms with Gasteiger partial charge in [0.05, 0.1) is 0 Å². The number of carbonyl (C=O) groups excluding carboxylic acids is 1. The van der Waals surface area contributed by atoms with E-state index in [4.69, 9.17) is 0 Å². The van der Waals surface area contributed by atoms with Gasteiger partial charge >= 0.3 is 0 Å². The Balaban J connectivity index is 2.93. The van der Waals surface area contributed by atoms with Gasteiger partial charge in [0.15, 0.2) is 0 Å². The Labute approximate surface area is 58.3 Å². The van der Waals surface area contributed by atoms with Crippen LogP contribution in [0.15, 0.2) is 12.7 Å². The van der Waals surface area contributed by atoms with Crippen molar-refractivity contribution in [2.75, 3.05) is 5.75 Å². The lowest BCUT2D eigenvalue weighted by Gasteiger charge is -1.92. The highest BCUT2D eigenvalue weighted by Gasteiger charge is 1.86. The van der Waals surface area contributed by atoms with Crippen LogP contribution in [-0.4, -0.2) is 11.0 Å². The number of hydrogen-bond acceptors (Lipinski definition) is 2. The van der Waals surface area contributed by atoms with Crippen molar-refractivity contribution in [2.45, 2.75) is 0 Å². The van der Waals surface area contributed by atoms with E-state index in [-0.39, 0.29) is 5.24 Å². The Kier molecular flexibility index (Phi) is 5.00. The van der Waals surface area contributed by atoms with Gasteiger partial charge in [-0.15, -0.1) is 6.58 Å². The van der Waals surface area contributed by atoms with E-state index in [2.05, 4.69) is 23.9 Å². The molecular formula is C4H7NOS2. The van der Waals surface area contributed by atoms with Crippen LogP contribution in [0.25, 0.3) is 0 Å². The largest absolute Gasteiger partial charge is 0.291 e. The fourth-order valence-corrected chi connectivity index (χ4v) is 0.681. The second-order valence-corrected chi connectivity index (χ2v) is 2.24. The third kappa shape index (κ3) is 5.91. The van der Waals surface area contributed by atoms with Crippen molar-refractivity contribution in [1.82, 2.24) is 4.72 Å². The molecule has 0 heterocycles. The van der Waals surface area contributed by atoms with E-state index in [0.29, 0.717) is 5.75 Å². The number of hydrogen-bond donors (Lipinski definition) is 2. The van der Waals surface area contributed by atoms with Crippen molar-refractivity contribution < 1.29 is 4.79 Å². The first-order valence-electron chi connectivity index (χ1n) is 1.99. The van der Waals surface area contributed by atoms with Crippen molar-refractivity contribution in [3.63, 3.8) is 0 Å². The molecule has 0 aliphatic heterocycles. The highest BCUT2D eigenvalue weighted by Crippen LogP contribution is 1.93. The smallest absolute Gasteiger partial charge is 0.285 e. The summed E-state index contributed by atoms with van der Waals surface area (Å²) in [6.45, 7) is 3.46. The monoisotopic (exact) mass is 149 g/mol. The SMILES string of the molecule is C=CCSNC(=O)S. The molecule has 0 rings (SSSR count). The van der Waals surface area contributed by atoms with E-state index in [0.717, 1.165) is 0 Å². The fourth-order valence-electron chi connectivity index (χ4n) is 0.162. The summed E-state index contributed by atoms with van der Waals surface area (Å²) in [7, 11) is 0. The Morgan fingerprint density at radius 3 is 3.00 bits per heavy atom. The molecule has 2 nitrogen and oxygen atoms in total. The van der Waals surface area contributed by atoms with Gasteiger partial charge < -0.3 is 0 Å². The van der Waals surface area contributed by atoms with Crippen LogP contribution < -0.4 is 4.72 Å². The van der Waals surface area contributed by atoms with Crippen molar-refractivity contribution in [3.8, 4) is 0 Å². The van der Waals surface area contributed by atoms with Gasteiger partial charge in [-0.2, -0.15) is 0 Å². The summed E-state index contributed by atoms with van der Waals surface area (Å²) < 4.78 is 2.42. The third-order valence-electron chi connectivity index (χ3n) is 0.361. The van der Waals surface area contributed by atoms with Gasteiger partial charge in [-0.1, -0.05) is 18.7 Å². The summed E-state index contributed by atoms with van der Waals surface area (Å²) in [5.41, 5.74) is 0. The zero-order chi connectivity index (χ0) is 6.41. The van der Waals surface area contributed by atoms with Crippen molar-refractivity contribution >= 4 is 29.8 Å². The average Bonchev–Trinajstić information content (AvgIpc) is 1.66. The topological polar surface area (TPSA) is 29.1 Å². The normalized spacial score (nSPS) is 8.12.